The molecule has 1 aromatic carbocycles. The lowest BCUT2D eigenvalue weighted by atomic mass is 9.92. The molecule has 1 N–H and O–H groups in total. The van der Waals surface area contributed by atoms with Crippen molar-refractivity contribution in [3.05, 3.63) is 28.9 Å². The lowest BCUT2D eigenvalue weighted by molar-refractivity contribution is 0.0896. The molecule has 0 radical (unpaired) electrons. The van der Waals surface area contributed by atoms with Crippen LogP contribution >= 0.6 is 11.3 Å². The van der Waals surface area contributed by atoms with Gasteiger partial charge in [0, 0.05) is 12.1 Å². The average Bonchev–Trinajstić information content (AvgIpc) is 2.98. The van der Waals surface area contributed by atoms with Gasteiger partial charge in [-0.1, -0.05) is 0 Å². The van der Waals surface area contributed by atoms with Gasteiger partial charge in [0.1, 0.15) is 0 Å². The molecule has 1 amide bonds. The van der Waals surface area contributed by atoms with E-state index < -0.39 is 0 Å². The zero-order valence-corrected chi connectivity index (χ0v) is 14.3. The van der Waals surface area contributed by atoms with Gasteiger partial charge in [-0.3, -0.25) is 9.69 Å². The second kappa shape index (κ2) is 4.92. The minimum Gasteiger partial charge on any atom is -0.494 e. The molecule has 5 rings (SSSR count). The smallest absolute Gasteiger partial charge is 0.261 e. The van der Waals surface area contributed by atoms with Gasteiger partial charge in [0.15, 0.2) is 11.6 Å². The molecule has 3 aliphatic rings. The van der Waals surface area contributed by atoms with Crippen LogP contribution in [-0.2, 0) is 0 Å². The fourth-order valence-electron chi connectivity index (χ4n) is 4.64. The molecule has 4 nitrogen and oxygen atoms in total. The predicted molar refractivity (Wildman–Crippen MR) is 91.2 cm³/mol. The summed E-state index contributed by atoms with van der Waals surface area (Å²) in [6.45, 7) is 2.29. The third-order valence-corrected chi connectivity index (χ3v) is 7.13. The van der Waals surface area contributed by atoms with Crippen LogP contribution < -0.4 is 10.1 Å². The van der Waals surface area contributed by atoms with E-state index in [4.69, 9.17) is 4.74 Å². The Balaban J connectivity index is 1.43. The van der Waals surface area contributed by atoms with Crippen LogP contribution in [0.5, 0.6) is 5.75 Å². The van der Waals surface area contributed by atoms with Gasteiger partial charge in [-0.05, 0) is 55.3 Å². The highest BCUT2D eigenvalue weighted by molar-refractivity contribution is 7.20. The number of hydrogen-bond donors (Lipinski definition) is 1. The Kier molecular flexibility index (Phi) is 3.01. The number of piperidine rings is 1. The van der Waals surface area contributed by atoms with E-state index in [9.17, 15) is 9.18 Å². The Hall–Kier alpha value is -1.66. The molecule has 1 aromatic heterocycles. The molecule has 3 fully saturated rings. The first-order chi connectivity index (χ1) is 11.6. The summed E-state index contributed by atoms with van der Waals surface area (Å²) in [6.07, 6.45) is 3.55. The van der Waals surface area contributed by atoms with Crippen LogP contribution in [-0.4, -0.2) is 42.6 Å². The van der Waals surface area contributed by atoms with Crippen LogP contribution in [0.2, 0.25) is 0 Å². The Bertz CT molecular complexity index is 845. The fourth-order valence-corrected chi connectivity index (χ4v) is 5.63. The van der Waals surface area contributed by atoms with Crippen molar-refractivity contribution >= 4 is 27.3 Å². The number of carbonyl (C=O) groups excluding carboxylic acids is 1. The van der Waals surface area contributed by atoms with Crippen molar-refractivity contribution < 1.29 is 13.9 Å². The summed E-state index contributed by atoms with van der Waals surface area (Å²) in [5.74, 6) is 0.333. The molecule has 6 heteroatoms. The van der Waals surface area contributed by atoms with Crippen molar-refractivity contribution in [3.63, 3.8) is 0 Å². The number of nitrogens with one attached hydrogen (secondary N) is 1. The molecule has 1 aliphatic carbocycles. The summed E-state index contributed by atoms with van der Waals surface area (Å²) in [5.41, 5.74) is 0.226. The number of ether oxygens (including phenoxy) is 1. The van der Waals surface area contributed by atoms with Gasteiger partial charge >= 0.3 is 0 Å². The van der Waals surface area contributed by atoms with Crippen molar-refractivity contribution in [1.29, 1.82) is 0 Å². The quantitative estimate of drug-likeness (QED) is 0.929. The van der Waals surface area contributed by atoms with Gasteiger partial charge in [0.2, 0.25) is 0 Å². The molecular weight excluding hydrogens is 327 g/mol. The third kappa shape index (κ3) is 1.90. The van der Waals surface area contributed by atoms with Crippen molar-refractivity contribution in [2.24, 2.45) is 5.92 Å². The normalized spacial score (nSPS) is 29.3. The van der Waals surface area contributed by atoms with Crippen molar-refractivity contribution in [1.82, 2.24) is 10.2 Å². The maximum absolute atomic E-state index is 14.4. The molecule has 3 heterocycles. The molecule has 2 bridgehead atoms. The van der Waals surface area contributed by atoms with E-state index in [1.54, 1.807) is 18.2 Å². The zero-order chi connectivity index (χ0) is 16.5. The molecule has 1 saturated carbocycles. The third-order valence-electron chi connectivity index (χ3n) is 5.99. The summed E-state index contributed by atoms with van der Waals surface area (Å²) < 4.78 is 19.9. The molecule has 1 spiro atoms. The molecule has 2 aromatic rings. The number of hydrogen-bond acceptors (Lipinski definition) is 4. The van der Waals surface area contributed by atoms with Gasteiger partial charge in [0.05, 0.1) is 22.7 Å². The average molecular weight is 346 g/mol. The molecule has 2 unspecified atom stereocenters. The summed E-state index contributed by atoms with van der Waals surface area (Å²) in [7, 11) is 1.45. The molecule has 126 valence electrons. The van der Waals surface area contributed by atoms with Crippen LogP contribution in [0.1, 0.15) is 28.9 Å². The zero-order valence-electron chi connectivity index (χ0n) is 13.5. The van der Waals surface area contributed by atoms with Crippen molar-refractivity contribution in [2.45, 2.75) is 30.8 Å². The van der Waals surface area contributed by atoms with Gasteiger partial charge in [-0.25, -0.2) is 4.39 Å². The summed E-state index contributed by atoms with van der Waals surface area (Å²) >= 11 is 1.20. The number of fused-ring (bicyclic) bond motifs is 4. The summed E-state index contributed by atoms with van der Waals surface area (Å²) in [4.78, 5) is 15.9. The summed E-state index contributed by atoms with van der Waals surface area (Å²) in [5, 5.41) is 4.02. The van der Waals surface area contributed by atoms with Crippen molar-refractivity contribution in [2.75, 3.05) is 20.2 Å². The van der Waals surface area contributed by atoms with E-state index in [1.807, 2.05) is 0 Å². The second-order valence-corrected chi connectivity index (χ2v) is 8.21. The Morgan fingerprint density at radius 2 is 2.29 bits per heavy atom. The number of halogens is 1. The van der Waals surface area contributed by atoms with E-state index in [-0.39, 0.29) is 29.1 Å². The SMILES string of the molecule is COc1ccc2cc(C(=O)N[C@@H]3C4CCN(C4)C34CC4)sc2c1F. The predicted octanol–water partition coefficient (Wildman–Crippen LogP) is 3.02. The standard InChI is InChI=1S/C18H19FN2O2S/c1-23-12-3-2-10-8-13(24-15(10)14(12)19)17(22)20-16-11-4-7-21(9-11)18(16)5-6-18/h2-3,8,11,16H,4-7,9H2,1H3,(H,20,22)/t11?,16-/m1/s1. The minimum atomic E-state index is -0.385. The first kappa shape index (κ1) is 14.7. The lowest BCUT2D eigenvalue weighted by Gasteiger charge is -2.33. The highest BCUT2D eigenvalue weighted by Gasteiger charge is 2.63. The number of thiophene rings is 1. The second-order valence-electron chi connectivity index (χ2n) is 7.16. The fraction of sp³-hybridized carbons (Fsp3) is 0.500. The van der Waals surface area contributed by atoms with E-state index in [0.29, 0.717) is 15.5 Å². The van der Waals surface area contributed by atoms with Crippen LogP contribution in [0, 0.1) is 11.7 Å². The van der Waals surface area contributed by atoms with Gasteiger partial charge in [0.25, 0.3) is 5.91 Å². The topological polar surface area (TPSA) is 41.6 Å². The molecule has 2 saturated heterocycles. The van der Waals surface area contributed by atoms with E-state index in [1.165, 1.54) is 44.3 Å². The largest absolute Gasteiger partial charge is 0.494 e. The number of benzene rings is 1. The van der Waals surface area contributed by atoms with Gasteiger partial charge in [-0.2, -0.15) is 0 Å². The number of methoxy groups -OCH3 is 1. The highest BCUT2D eigenvalue weighted by Crippen LogP contribution is 2.55. The maximum atomic E-state index is 14.4. The lowest BCUT2D eigenvalue weighted by Crippen LogP contribution is -2.51. The maximum Gasteiger partial charge on any atom is 0.261 e. The van der Waals surface area contributed by atoms with Gasteiger partial charge < -0.3 is 10.1 Å². The molecule has 3 atom stereocenters. The summed E-state index contributed by atoms with van der Waals surface area (Å²) in [6, 6.07) is 5.44. The minimum absolute atomic E-state index is 0.0698. The number of nitrogens with zero attached hydrogens (tertiary/aromatic N) is 1. The molecule has 2 aliphatic heterocycles. The van der Waals surface area contributed by atoms with Gasteiger partial charge in [-0.15, -0.1) is 11.3 Å². The monoisotopic (exact) mass is 346 g/mol. The van der Waals surface area contributed by atoms with Crippen LogP contribution in [0.15, 0.2) is 18.2 Å². The molecule has 24 heavy (non-hydrogen) atoms. The van der Waals surface area contributed by atoms with Crippen LogP contribution in [0.4, 0.5) is 4.39 Å². The Labute approximate surface area is 143 Å². The van der Waals surface area contributed by atoms with Crippen LogP contribution in [0.25, 0.3) is 10.1 Å². The first-order valence-corrected chi connectivity index (χ1v) is 9.26. The highest BCUT2D eigenvalue weighted by atomic mass is 32.1. The van der Waals surface area contributed by atoms with Crippen LogP contribution in [0.3, 0.4) is 0 Å². The Morgan fingerprint density at radius 1 is 1.46 bits per heavy atom. The van der Waals surface area contributed by atoms with E-state index >= 15 is 0 Å². The number of carbonyl (C=O) groups is 1. The van der Waals surface area contributed by atoms with Crippen molar-refractivity contribution in [3.8, 4) is 5.75 Å². The number of rotatable bonds is 3. The Morgan fingerprint density at radius 3 is 3.04 bits per heavy atom. The van der Waals surface area contributed by atoms with E-state index in [0.717, 1.165) is 11.9 Å². The first-order valence-electron chi connectivity index (χ1n) is 8.44. The van der Waals surface area contributed by atoms with E-state index in [2.05, 4.69) is 10.2 Å². The molecular formula is C18H19FN2O2S. The number of amides is 1.